The number of nitrogens with zero attached hydrogens (tertiary/aromatic N) is 2. The lowest BCUT2D eigenvalue weighted by Crippen LogP contribution is -2.14. The molecule has 0 fully saturated rings. The molecule has 0 amide bonds. The molecule has 9 aromatic rings. The third-order valence-corrected chi connectivity index (χ3v) is 11.0. The zero-order valence-electron chi connectivity index (χ0n) is 28.8. The Hall–Kier alpha value is -5.42. The van der Waals surface area contributed by atoms with Crippen LogP contribution in [0.2, 0.25) is 0 Å². The SMILES string of the molecule is Cc1ccc(N(c2ccc3cc(Br)ccc3c2)c2c3ccccc3c(N(c3ccc(C)cc3)c3ccc4cc(Br)ccc4c3)c3ccccc23)cc1. The molecule has 0 spiro atoms. The fraction of sp³-hybridized carbons (Fsp3) is 0.0417. The van der Waals surface area contributed by atoms with E-state index in [9.17, 15) is 0 Å². The molecule has 9 aromatic carbocycles. The Morgan fingerprint density at radius 2 is 0.635 bits per heavy atom. The van der Waals surface area contributed by atoms with Gasteiger partial charge in [0.25, 0.3) is 0 Å². The minimum absolute atomic E-state index is 1.08. The van der Waals surface area contributed by atoms with Gasteiger partial charge in [-0.3, -0.25) is 0 Å². The number of rotatable bonds is 6. The van der Waals surface area contributed by atoms with Gasteiger partial charge in [0.1, 0.15) is 0 Å². The van der Waals surface area contributed by atoms with Crippen molar-refractivity contribution in [1.29, 1.82) is 0 Å². The van der Waals surface area contributed by atoms with Crippen molar-refractivity contribution in [3.63, 3.8) is 0 Å². The van der Waals surface area contributed by atoms with Crippen LogP contribution in [0, 0.1) is 13.8 Å². The van der Waals surface area contributed by atoms with E-state index in [2.05, 4.69) is 225 Å². The van der Waals surface area contributed by atoms with E-state index in [1.165, 1.54) is 54.2 Å². The predicted octanol–water partition coefficient (Wildman–Crippen LogP) is 15.4. The molecule has 0 heterocycles. The van der Waals surface area contributed by atoms with Gasteiger partial charge in [0, 0.05) is 53.2 Å². The lowest BCUT2D eigenvalue weighted by molar-refractivity contribution is 1.29. The highest BCUT2D eigenvalue weighted by Crippen LogP contribution is 2.51. The van der Waals surface area contributed by atoms with Gasteiger partial charge in [-0.1, -0.05) is 140 Å². The van der Waals surface area contributed by atoms with Crippen molar-refractivity contribution in [2.45, 2.75) is 13.8 Å². The lowest BCUT2D eigenvalue weighted by Gasteiger charge is -2.33. The summed E-state index contributed by atoms with van der Waals surface area (Å²) in [5, 5.41) is 9.48. The van der Waals surface area contributed by atoms with Crippen LogP contribution < -0.4 is 9.80 Å². The minimum Gasteiger partial charge on any atom is -0.309 e. The first-order valence-electron chi connectivity index (χ1n) is 17.5. The highest BCUT2D eigenvalue weighted by Gasteiger charge is 2.25. The maximum atomic E-state index is 3.67. The van der Waals surface area contributed by atoms with Gasteiger partial charge in [-0.25, -0.2) is 0 Å². The third kappa shape index (κ3) is 5.82. The molecule has 0 unspecified atom stereocenters. The Balaban J connectivity index is 1.37. The summed E-state index contributed by atoms with van der Waals surface area (Å²) in [5.74, 6) is 0. The Morgan fingerprint density at radius 3 is 1.00 bits per heavy atom. The summed E-state index contributed by atoms with van der Waals surface area (Å²) in [5.41, 5.74) is 9.21. The van der Waals surface area contributed by atoms with Gasteiger partial charge >= 0.3 is 0 Å². The molecule has 0 aliphatic rings. The Labute approximate surface area is 320 Å². The second-order valence-corrected chi connectivity index (χ2v) is 15.3. The molecule has 52 heavy (non-hydrogen) atoms. The summed E-state index contributed by atoms with van der Waals surface area (Å²) in [6.07, 6.45) is 0. The van der Waals surface area contributed by atoms with Crippen LogP contribution in [-0.2, 0) is 0 Å². The lowest BCUT2D eigenvalue weighted by atomic mass is 9.95. The second kappa shape index (κ2) is 13.3. The van der Waals surface area contributed by atoms with E-state index in [0.29, 0.717) is 0 Å². The second-order valence-electron chi connectivity index (χ2n) is 13.5. The molecule has 250 valence electrons. The van der Waals surface area contributed by atoms with Crippen molar-refractivity contribution in [2.75, 3.05) is 9.80 Å². The van der Waals surface area contributed by atoms with Gasteiger partial charge < -0.3 is 9.80 Å². The van der Waals surface area contributed by atoms with Crippen LogP contribution in [0.15, 0.2) is 179 Å². The molecule has 0 aromatic heterocycles. The minimum atomic E-state index is 1.08. The summed E-state index contributed by atoms with van der Waals surface area (Å²) in [4.78, 5) is 4.89. The fourth-order valence-corrected chi connectivity index (χ4v) is 8.21. The number of aryl methyl sites for hydroxylation is 2. The van der Waals surface area contributed by atoms with Crippen LogP contribution in [0.3, 0.4) is 0 Å². The molecule has 0 bridgehead atoms. The van der Waals surface area contributed by atoms with Crippen molar-refractivity contribution in [3.05, 3.63) is 190 Å². The van der Waals surface area contributed by atoms with Gasteiger partial charge in [0.05, 0.1) is 11.4 Å². The first-order valence-corrected chi connectivity index (χ1v) is 19.1. The molecular weight excluding hydrogens is 764 g/mol. The fourth-order valence-electron chi connectivity index (χ4n) is 7.45. The number of benzene rings is 9. The first-order chi connectivity index (χ1) is 25.4. The monoisotopic (exact) mass is 796 g/mol. The molecule has 0 saturated heterocycles. The van der Waals surface area contributed by atoms with Gasteiger partial charge in [0.2, 0.25) is 0 Å². The highest BCUT2D eigenvalue weighted by atomic mass is 79.9. The Morgan fingerprint density at radius 1 is 0.327 bits per heavy atom. The smallest absolute Gasteiger partial charge is 0.0619 e. The Bertz CT molecular complexity index is 2540. The van der Waals surface area contributed by atoms with Crippen molar-refractivity contribution in [3.8, 4) is 0 Å². The molecule has 9 rings (SSSR count). The largest absolute Gasteiger partial charge is 0.309 e. The molecule has 0 aliphatic carbocycles. The first kappa shape index (κ1) is 32.5. The van der Waals surface area contributed by atoms with E-state index in [-0.39, 0.29) is 0 Å². The number of halogens is 2. The van der Waals surface area contributed by atoms with E-state index in [4.69, 9.17) is 0 Å². The van der Waals surface area contributed by atoms with Crippen molar-refractivity contribution in [1.82, 2.24) is 0 Å². The molecule has 0 saturated carbocycles. The van der Waals surface area contributed by atoms with E-state index >= 15 is 0 Å². The zero-order valence-corrected chi connectivity index (χ0v) is 32.0. The van der Waals surface area contributed by atoms with Gasteiger partial charge in [-0.2, -0.15) is 0 Å². The van der Waals surface area contributed by atoms with Crippen LogP contribution in [0.25, 0.3) is 43.1 Å². The highest BCUT2D eigenvalue weighted by molar-refractivity contribution is 9.10. The van der Waals surface area contributed by atoms with Gasteiger partial charge in [0.15, 0.2) is 0 Å². The average molecular weight is 799 g/mol. The average Bonchev–Trinajstić information content (AvgIpc) is 3.17. The van der Waals surface area contributed by atoms with Crippen molar-refractivity contribution >= 4 is 109 Å². The summed E-state index contributed by atoms with van der Waals surface area (Å²) < 4.78 is 2.15. The van der Waals surface area contributed by atoms with Crippen molar-refractivity contribution < 1.29 is 0 Å². The molecule has 0 N–H and O–H groups in total. The summed E-state index contributed by atoms with van der Waals surface area (Å²) in [6.45, 7) is 4.29. The van der Waals surface area contributed by atoms with E-state index in [1.54, 1.807) is 0 Å². The maximum Gasteiger partial charge on any atom is 0.0619 e. The van der Waals surface area contributed by atoms with Gasteiger partial charge in [-0.15, -0.1) is 0 Å². The molecule has 0 atom stereocenters. The standard InChI is InChI=1S/C48H34Br2N2/c1-31-11-21-39(22-12-31)51(41-25-17-33-27-37(49)19-15-35(33)29-41)47-43-7-3-5-9-45(43)48(46-10-6-4-8-44(46)47)52(40-23-13-32(2)14-24-40)42-26-18-34-28-38(50)20-16-36(34)30-42/h3-30H,1-2H3. The van der Waals surface area contributed by atoms with Crippen LogP contribution in [0.4, 0.5) is 34.1 Å². The van der Waals surface area contributed by atoms with Crippen LogP contribution in [0.1, 0.15) is 11.1 Å². The van der Waals surface area contributed by atoms with Crippen LogP contribution in [0.5, 0.6) is 0 Å². The Kier molecular flexibility index (Phi) is 8.30. The van der Waals surface area contributed by atoms with E-state index in [0.717, 1.165) is 43.1 Å². The van der Waals surface area contributed by atoms with Crippen LogP contribution in [-0.4, -0.2) is 0 Å². The summed E-state index contributed by atoms with van der Waals surface area (Å²) in [6, 6.07) is 62.1. The normalized spacial score (nSPS) is 11.5. The number of hydrogen-bond acceptors (Lipinski definition) is 2. The van der Waals surface area contributed by atoms with Gasteiger partial charge in [-0.05, 0) is 108 Å². The number of hydrogen-bond donors (Lipinski definition) is 0. The van der Waals surface area contributed by atoms with E-state index < -0.39 is 0 Å². The quantitative estimate of drug-likeness (QED) is 0.122. The molecule has 0 aliphatic heterocycles. The number of fused-ring (bicyclic) bond motifs is 4. The third-order valence-electron chi connectivity index (χ3n) is 9.99. The van der Waals surface area contributed by atoms with Crippen molar-refractivity contribution in [2.24, 2.45) is 0 Å². The predicted molar refractivity (Wildman–Crippen MR) is 231 cm³/mol. The maximum absolute atomic E-state index is 3.67. The molecular formula is C48H34Br2N2. The topological polar surface area (TPSA) is 6.48 Å². The number of anilines is 6. The van der Waals surface area contributed by atoms with E-state index in [1.807, 2.05) is 0 Å². The zero-order chi connectivity index (χ0) is 35.3. The molecule has 0 radical (unpaired) electrons. The molecule has 4 heteroatoms. The molecule has 2 nitrogen and oxygen atoms in total. The van der Waals surface area contributed by atoms with Crippen LogP contribution >= 0.6 is 31.9 Å². The summed E-state index contributed by atoms with van der Waals surface area (Å²) >= 11 is 7.34. The summed E-state index contributed by atoms with van der Waals surface area (Å²) in [7, 11) is 0.